The van der Waals surface area contributed by atoms with E-state index in [0.717, 1.165) is 17.8 Å². The van der Waals surface area contributed by atoms with E-state index in [2.05, 4.69) is 35.6 Å². The van der Waals surface area contributed by atoms with Crippen LogP contribution in [0.25, 0.3) is 0 Å². The molecule has 0 aliphatic carbocycles. The van der Waals surface area contributed by atoms with Crippen LogP contribution in [0.5, 0.6) is 0 Å². The molecular weight excluding hydrogens is 178 g/mol. The van der Waals surface area contributed by atoms with Crippen molar-refractivity contribution < 1.29 is 0 Å². The van der Waals surface area contributed by atoms with Crippen molar-refractivity contribution in [2.75, 3.05) is 0 Å². The van der Waals surface area contributed by atoms with E-state index in [9.17, 15) is 4.79 Å². The summed E-state index contributed by atoms with van der Waals surface area (Å²) in [5.41, 5.74) is 1.77. The highest BCUT2D eigenvalue weighted by Gasteiger charge is 2.31. The van der Waals surface area contributed by atoms with Gasteiger partial charge in [-0.3, -0.25) is 9.69 Å². The fourth-order valence-electron chi connectivity index (χ4n) is 2.11. The minimum absolute atomic E-state index is 0.00523. The Morgan fingerprint density at radius 1 is 1.64 bits per heavy atom. The molecule has 0 amide bonds. The second kappa shape index (κ2) is 3.20. The van der Waals surface area contributed by atoms with Crippen molar-refractivity contribution in [3.8, 4) is 0 Å². The van der Waals surface area contributed by atoms with Crippen LogP contribution >= 0.6 is 0 Å². The Kier molecular flexibility index (Phi) is 2.15. The molecule has 2 heterocycles. The average Bonchev–Trinajstić information content (AvgIpc) is 2.45. The van der Waals surface area contributed by atoms with Crippen LogP contribution in [0.3, 0.4) is 0 Å². The molecule has 4 heteroatoms. The van der Waals surface area contributed by atoms with Gasteiger partial charge >= 0.3 is 0 Å². The highest BCUT2D eigenvalue weighted by Crippen LogP contribution is 2.30. The lowest BCUT2D eigenvalue weighted by Gasteiger charge is -2.24. The molecule has 1 aromatic heterocycles. The zero-order chi connectivity index (χ0) is 10.3. The first kappa shape index (κ1) is 9.40. The van der Waals surface area contributed by atoms with E-state index in [1.807, 2.05) is 0 Å². The number of nitrogens with one attached hydrogen (secondary N) is 1. The van der Waals surface area contributed by atoms with Crippen molar-refractivity contribution in [3.63, 3.8) is 0 Å². The molecule has 0 aromatic carbocycles. The molecule has 0 saturated carbocycles. The molecule has 0 fully saturated rings. The first-order valence-corrected chi connectivity index (χ1v) is 4.93. The fraction of sp³-hybridized carbons (Fsp3) is 0.600. The summed E-state index contributed by atoms with van der Waals surface area (Å²) in [4.78, 5) is 20.7. The van der Waals surface area contributed by atoms with Crippen LogP contribution in [0.15, 0.2) is 11.1 Å². The SMILES string of the molecule is CC(C)N1Cc2nc[nH]c(=O)c2C1C. The topological polar surface area (TPSA) is 49.0 Å². The van der Waals surface area contributed by atoms with Crippen LogP contribution in [-0.4, -0.2) is 20.9 Å². The fourth-order valence-corrected chi connectivity index (χ4v) is 2.11. The van der Waals surface area contributed by atoms with Gasteiger partial charge in [0.1, 0.15) is 0 Å². The highest BCUT2D eigenvalue weighted by molar-refractivity contribution is 5.25. The molecule has 0 saturated heterocycles. The summed E-state index contributed by atoms with van der Waals surface area (Å²) in [6.07, 6.45) is 1.48. The van der Waals surface area contributed by atoms with Crippen molar-refractivity contribution in [1.82, 2.24) is 14.9 Å². The number of aromatic nitrogens is 2. The molecule has 2 rings (SSSR count). The molecule has 14 heavy (non-hydrogen) atoms. The number of hydrogen-bond donors (Lipinski definition) is 1. The zero-order valence-corrected chi connectivity index (χ0v) is 8.74. The summed E-state index contributed by atoms with van der Waals surface area (Å²) in [6.45, 7) is 7.12. The summed E-state index contributed by atoms with van der Waals surface area (Å²) in [6, 6.07) is 0.626. The maximum atomic E-state index is 11.6. The Morgan fingerprint density at radius 3 is 2.93 bits per heavy atom. The lowest BCUT2D eigenvalue weighted by Crippen LogP contribution is -2.29. The summed E-state index contributed by atoms with van der Waals surface area (Å²) < 4.78 is 0. The second-order valence-electron chi connectivity index (χ2n) is 4.03. The first-order valence-electron chi connectivity index (χ1n) is 4.93. The van der Waals surface area contributed by atoms with Crippen LogP contribution in [-0.2, 0) is 6.54 Å². The first-order chi connectivity index (χ1) is 6.61. The van der Waals surface area contributed by atoms with Crippen LogP contribution < -0.4 is 5.56 Å². The van der Waals surface area contributed by atoms with Crippen molar-refractivity contribution in [1.29, 1.82) is 0 Å². The Bertz CT molecular complexity index is 397. The molecule has 1 unspecified atom stereocenters. The predicted molar refractivity (Wildman–Crippen MR) is 54.0 cm³/mol. The molecule has 1 aliphatic rings. The molecule has 76 valence electrons. The average molecular weight is 193 g/mol. The third-order valence-corrected chi connectivity index (χ3v) is 2.88. The van der Waals surface area contributed by atoms with Gasteiger partial charge in [0.05, 0.1) is 17.6 Å². The van der Waals surface area contributed by atoms with Gasteiger partial charge in [0.15, 0.2) is 0 Å². The summed E-state index contributed by atoms with van der Waals surface area (Å²) in [5.74, 6) is 0. The van der Waals surface area contributed by atoms with Crippen LogP contribution in [0.1, 0.15) is 38.1 Å². The Balaban J connectivity index is 2.46. The molecule has 0 radical (unpaired) electrons. The van der Waals surface area contributed by atoms with Crippen molar-refractivity contribution in [2.24, 2.45) is 0 Å². The van der Waals surface area contributed by atoms with E-state index < -0.39 is 0 Å². The van der Waals surface area contributed by atoms with Gasteiger partial charge in [0.2, 0.25) is 0 Å². The molecule has 1 N–H and O–H groups in total. The smallest absolute Gasteiger partial charge is 0.255 e. The molecule has 0 bridgehead atoms. The molecular formula is C10H15N3O. The largest absolute Gasteiger partial charge is 0.313 e. The van der Waals surface area contributed by atoms with Gasteiger partial charge in [0, 0.05) is 18.6 Å². The van der Waals surface area contributed by atoms with Crippen molar-refractivity contribution >= 4 is 0 Å². The molecule has 1 aliphatic heterocycles. The van der Waals surface area contributed by atoms with Gasteiger partial charge in [-0.2, -0.15) is 0 Å². The summed E-state index contributed by atoms with van der Waals surface area (Å²) >= 11 is 0. The third kappa shape index (κ3) is 1.26. The standard InChI is InChI=1S/C10H15N3O/c1-6(2)13-4-8-9(7(13)3)10(14)12-5-11-8/h5-7H,4H2,1-3H3,(H,11,12,14). The van der Waals surface area contributed by atoms with Gasteiger partial charge in [-0.1, -0.05) is 0 Å². The number of H-pyrrole nitrogens is 1. The van der Waals surface area contributed by atoms with E-state index in [0.29, 0.717) is 6.04 Å². The number of rotatable bonds is 1. The van der Waals surface area contributed by atoms with Gasteiger partial charge in [0.25, 0.3) is 5.56 Å². The number of fused-ring (bicyclic) bond motifs is 1. The third-order valence-electron chi connectivity index (χ3n) is 2.88. The van der Waals surface area contributed by atoms with Gasteiger partial charge in [-0.05, 0) is 20.8 Å². The van der Waals surface area contributed by atoms with E-state index in [1.54, 1.807) is 0 Å². The summed E-state index contributed by atoms with van der Waals surface area (Å²) in [7, 11) is 0. The van der Waals surface area contributed by atoms with E-state index >= 15 is 0 Å². The van der Waals surface area contributed by atoms with Gasteiger partial charge in [-0.25, -0.2) is 4.98 Å². The monoisotopic (exact) mass is 193 g/mol. The van der Waals surface area contributed by atoms with E-state index in [4.69, 9.17) is 0 Å². The van der Waals surface area contributed by atoms with Gasteiger partial charge in [-0.15, -0.1) is 0 Å². The lowest BCUT2D eigenvalue weighted by atomic mass is 10.1. The van der Waals surface area contributed by atoms with E-state index in [-0.39, 0.29) is 11.6 Å². The van der Waals surface area contributed by atoms with Crippen LogP contribution in [0, 0.1) is 0 Å². The Labute approximate surface area is 83.0 Å². The Hall–Kier alpha value is -1.16. The number of hydrogen-bond acceptors (Lipinski definition) is 3. The molecule has 1 aromatic rings. The van der Waals surface area contributed by atoms with Crippen molar-refractivity contribution in [2.45, 2.75) is 39.4 Å². The normalized spacial score (nSPS) is 21.6. The maximum absolute atomic E-state index is 11.6. The predicted octanol–water partition coefficient (Wildman–Crippen LogP) is 1.05. The summed E-state index contributed by atoms with van der Waals surface area (Å²) in [5, 5.41) is 0. The maximum Gasteiger partial charge on any atom is 0.255 e. The zero-order valence-electron chi connectivity index (χ0n) is 8.74. The molecule has 1 atom stereocenters. The van der Waals surface area contributed by atoms with Crippen LogP contribution in [0.4, 0.5) is 0 Å². The lowest BCUT2D eigenvalue weighted by molar-refractivity contribution is 0.178. The second-order valence-corrected chi connectivity index (χ2v) is 4.03. The highest BCUT2D eigenvalue weighted by atomic mass is 16.1. The molecule has 0 spiro atoms. The van der Waals surface area contributed by atoms with Crippen molar-refractivity contribution in [3.05, 3.63) is 27.9 Å². The number of nitrogens with zero attached hydrogens (tertiary/aromatic N) is 2. The molecule has 4 nitrogen and oxygen atoms in total. The number of aromatic amines is 1. The van der Waals surface area contributed by atoms with E-state index in [1.165, 1.54) is 6.33 Å². The minimum Gasteiger partial charge on any atom is -0.313 e. The van der Waals surface area contributed by atoms with Crippen LogP contribution in [0.2, 0.25) is 0 Å². The Morgan fingerprint density at radius 2 is 2.36 bits per heavy atom. The minimum atomic E-state index is 0.00523. The van der Waals surface area contributed by atoms with Gasteiger partial charge < -0.3 is 4.98 Å². The quantitative estimate of drug-likeness (QED) is 0.725.